The van der Waals surface area contributed by atoms with Gasteiger partial charge >= 0.3 is 0 Å². The standard InChI is InChI=1S/C32H14B2N2O4/c1-36-22-11-13-26-30-32(22)40-24-9-5-3-7-19(24)34(30)21-14-20-27(15-28(21)38-26)37-25-12-10-17(16-35)31-29(25)33(20)18-6-2-4-8-23(18)39-31/h2-15H. The molecule has 0 atom stereocenters. The molecule has 0 N–H and O–H groups in total. The van der Waals surface area contributed by atoms with Crippen LogP contribution in [-0.4, -0.2) is 13.4 Å². The van der Waals surface area contributed by atoms with E-state index < -0.39 is 0 Å². The van der Waals surface area contributed by atoms with Crippen molar-refractivity contribution in [1.29, 1.82) is 5.26 Å². The summed E-state index contributed by atoms with van der Waals surface area (Å²) in [5.41, 5.74) is 6.60. The Bertz CT molecular complexity index is 1930. The lowest BCUT2D eigenvalue weighted by atomic mass is 9.31. The van der Waals surface area contributed by atoms with Crippen LogP contribution in [0.1, 0.15) is 5.56 Å². The summed E-state index contributed by atoms with van der Waals surface area (Å²) in [5.74, 6) is 5.26. The third kappa shape index (κ3) is 2.62. The zero-order valence-corrected chi connectivity index (χ0v) is 20.8. The number of hydrogen-bond acceptors (Lipinski definition) is 5. The van der Waals surface area contributed by atoms with Crippen molar-refractivity contribution in [2.24, 2.45) is 0 Å². The third-order valence-corrected chi connectivity index (χ3v) is 8.20. The summed E-state index contributed by atoms with van der Waals surface area (Å²) in [6.45, 7) is 7.37. The van der Waals surface area contributed by atoms with Gasteiger partial charge in [0.2, 0.25) is 5.69 Å². The maximum atomic E-state index is 9.87. The van der Waals surface area contributed by atoms with Crippen LogP contribution in [0, 0.1) is 17.9 Å². The first kappa shape index (κ1) is 21.4. The van der Waals surface area contributed by atoms with Crippen LogP contribution < -0.4 is 51.7 Å². The average Bonchev–Trinajstić information content (AvgIpc) is 3.00. The number of rotatable bonds is 0. The Kier molecular flexibility index (Phi) is 4.00. The van der Waals surface area contributed by atoms with Crippen LogP contribution in [0.3, 0.4) is 0 Å². The van der Waals surface area contributed by atoms with Gasteiger partial charge < -0.3 is 18.9 Å². The van der Waals surface area contributed by atoms with Crippen molar-refractivity contribution in [3.8, 4) is 52.1 Å². The number of fused-ring (bicyclic) bond motifs is 8. The zero-order valence-electron chi connectivity index (χ0n) is 20.8. The highest BCUT2D eigenvalue weighted by molar-refractivity contribution is 7.01. The minimum absolute atomic E-state index is 0.188. The maximum Gasteiger partial charge on any atom is 0.260 e. The Morgan fingerprint density at radius 3 is 1.77 bits per heavy atom. The van der Waals surface area contributed by atoms with Crippen LogP contribution in [0.2, 0.25) is 0 Å². The molecular formula is C32H14B2N2O4. The van der Waals surface area contributed by atoms with E-state index in [1.807, 2.05) is 54.6 Å². The number of hydrogen-bond donors (Lipinski definition) is 0. The van der Waals surface area contributed by atoms with Crippen molar-refractivity contribution in [2.45, 2.75) is 0 Å². The highest BCUT2D eigenvalue weighted by Gasteiger charge is 2.45. The van der Waals surface area contributed by atoms with E-state index in [0.717, 1.165) is 44.3 Å². The van der Waals surface area contributed by atoms with Crippen molar-refractivity contribution in [3.63, 3.8) is 0 Å². The van der Waals surface area contributed by atoms with Crippen molar-refractivity contribution >= 4 is 51.9 Å². The topological polar surface area (TPSA) is 65.1 Å². The summed E-state index contributed by atoms with van der Waals surface area (Å²) in [7, 11) is 0. The van der Waals surface area contributed by atoms with Gasteiger partial charge in [0.25, 0.3) is 13.4 Å². The minimum Gasteiger partial charge on any atom is -0.469 e. The van der Waals surface area contributed by atoms with Gasteiger partial charge in [0, 0.05) is 17.0 Å². The summed E-state index contributed by atoms with van der Waals surface area (Å²) in [4.78, 5) is 3.74. The molecule has 4 heterocycles. The molecule has 0 spiro atoms. The average molecular weight is 512 g/mol. The molecule has 182 valence electrons. The molecule has 0 saturated heterocycles. The Morgan fingerprint density at radius 1 is 0.575 bits per heavy atom. The molecule has 6 nitrogen and oxygen atoms in total. The molecule has 4 aliphatic rings. The second kappa shape index (κ2) is 7.50. The lowest BCUT2D eigenvalue weighted by molar-refractivity contribution is 0.452. The molecule has 4 aliphatic heterocycles. The van der Waals surface area contributed by atoms with Crippen LogP contribution in [0.25, 0.3) is 4.85 Å². The first-order valence-corrected chi connectivity index (χ1v) is 12.9. The molecule has 0 saturated carbocycles. The van der Waals surface area contributed by atoms with Crippen molar-refractivity contribution in [3.05, 3.63) is 102 Å². The molecule has 0 aliphatic carbocycles. The number of benzene rings is 5. The quantitative estimate of drug-likeness (QED) is 0.230. The van der Waals surface area contributed by atoms with Crippen molar-refractivity contribution < 1.29 is 18.9 Å². The SMILES string of the molecule is [C-]#[N+]c1ccc2c3c1Oc1ccccc1B3c1cc3c(cc1O2)Oc1ccc(C#N)c2c1B3c1ccccc1O2. The van der Waals surface area contributed by atoms with Gasteiger partial charge in [-0.05, 0) is 58.2 Å². The molecule has 0 bridgehead atoms. The third-order valence-electron chi connectivity index (χ3n) is 8.20. The molecule has 0 unspecified atom stereocenters. The summed E-state index contributed by atoms with van der Waals surface area (Å²) in [5, 5.41) is 9.87. The van der Waals surface area contributed by atoms with E-state index >= 15 is 0 Å². The Labute approximate surface area is 229 Å². The van der Waals surface area contributed by atoms with Gasteiger partial charge in [0.15, 0.2) is 0 Å². The van der Waals surface area contributed by atoms with Crippen LogP contribution >= 0.6 is 0 Å². The number of nitrogens with zero attached hydrogens (tertiary/aromatic N) is 2. The summed E-state index contributed by atoms with van der Waals surface area (Å²) in [6, 6.07) is 29.5. The van der Waals surface area contributed by atoms with Gasteiger partial charge in [-0.25, -0.2) is 4.85 Å². The summed E-state index contributed by atoms with van der Waals surface area (Å²) >= 11 is 0. The predicted octanol–water partition coefficient (Wildman–Crippen LogP) is 3.56. The number of nitriles is 1. The fraction of sp³-hybridized carbons (Fsp3) is 0. The highest BCUT2D eigenvalue weighted by Crippen LogP contribution is 2.42. The lowest BCUT2D eigenvalue weighted by Gasteiger charge is -2.36. The monoisotopic (exact) mass is 512 g/mol. The van der Waals surface area contributed by atoms with Gasteiger partial charge in [-0.15, -0.1) is 0 Å². The smallest absolute Gasteiger partial charge is 0.260 e. The summed E-state index contributed by atoms with van der Waals surface area (Å²) in [6.07, 6.45) is 0. The van der Waals surface area contributed by atoms with E-state index in [1.54, 1.807) is 12.1 Å². The van der Waals surface area contributed by atoms with Crippen molar-refractivity contribution in [1.82, 2.24) is 0 Å². The van der Waals surface area contributed by atoms with Gasteiger partial charge in [-0.2, -0.15) is 5.26 Å². The van der Waals surface area contributed by atoms with Gasteiger partial charge in [0.05, 0.1) is 12.1 Å². The summed E-state index contributed by atoms with van der Waals surface area (Å²) < 4.78 is 25.5. The van der Waals surface area contributed by atoms with E-state index in [0.29, 0.717) is 45.7 Å². The molecule has 0 aromatic heterocycles. The van der Waals surface area contributed by atoms with Crippen LogP contribution in [-0.2, 0) is 0 Å². The van der Waals surface area contributed by atoms with E-state index in [-0.39, 0.29) is 13.4 Å². The van der Waals surface area contributed by atoms with E-state index in [1.165, 1.54) is 0 Å². The number of ether oxygens (including phenoxy) is 4. The molecule has 5 aromatic rings. The first-order valence-electron chi connectivity index (χ1n) is 12.9. The van der Waals surface area contributed by atoms with Gasteiger partial charge in [0.1, 0.15) is 52.1 Å². The minimum atomic E-state index is -0.192. The van der Waals surface area contributed by atoms with Crippen LogP contribution in [0.4, 0.5) is 5.69 Å². The molecule has 0 radical (unpaired) electrons. The highest BCUT2D eigenvalue weighted by atomic mass is 16.5. The molecule has 5 aromatic carbocycles. The first-order chi connectivity index (χ1) is 19.7. The molecule has 40 heavy (non-hydrogen) atoms. The largest absolute Gasteiger partial charge is 0.469 e. The predicted molar refractivity (Wildman–Crippen MR) is 153 cm³/mol. The Hall–Kier alpha value is -5.59. The molecule has 0 amide bonds. The van der Waals surface area contributed by atoms with Crippen LogP contribution in [0.15, 0.2) is 84.9 Å². The van der Waals surface area contributed by atoms with Gasteiger partial charge in [-0.1, -0.05) is 42.5 Å². The number of para-hydroxylation sites is 2. The second-order valence-electron chi connectivity index (χ2n) is 10.2. The van der Waals surface area contributed by atoms with E-state index in [9.17, 15) is 5.26 Å². The normalized spacial score (nSPS) is 13.7. The van der Waals surface area contributed by atoms with E-state index in [4.69, 9.17) is 25.5 Å². The fourth-order valence-corrected chi connectivity index (χ4v) is 6.53. The van der Waals surface area contributed by atoms with Crippen LogP contribution in [0.5, 0.6) is 46.0 Å². The second-order valence-corrected chi connectivity index (χ2v) is 10.2. The zero-order chi connectivity index (χ0) is 26.5. The Balaban J connectivity index is 1.33. The molecule has 8 heteroatoms. The molecule has 0 fully saturated rings. The van der Waals surface area contributed by atoms with E-state index in [2.05, 4.69) is 29.1 Å². The lowest BCUT2D eigenvalue weighted by Crippen LogP contribution is -2.61. The fourth-order valence-electron chi connectivity index (χ4n) is 6.53. The maximum absolute atomic E-state index is 9.87. The van der Waals surface area contributed by atoms with Crippen molar-refractivity contribution in [2.75, 3.05) is 0 Å². The van der Waals surface area contributed by atoms with Gasteiger partial charge in [-0.3, -0.25) is 0 Å². The molecular weight excluding hydrogens is 498 g/mol. The molecule has 9 rings (SSSR count). The Morgan fingerprint density at radius 2 is 1.15 bits per heavy atom.